The quantitative estimate of drug-likeness (QED) is 0.916. The predicted molar refractivity (Wildman–Crippen MR) is 79.4 cm³/mol. The molecule has 2 rings (SSSR count). The fourth-order valence-electron chi connectivity index (χ4n) is 1.60. The summed E-state index contributed by atoms with van der Waals surface area (Å²) in [7, 11) is 1.83. The van der Waals surface area contributed by atoms with Crippen LogP contribution in [0.25, 0.3) is 0 Å². The summed E-state index contributed by atoms with van der Waals surface area (Å²) in [4.78, 5) is 8.69. The summed E-state index contributed by atoms with van der Waals surface area (Å²) in [6.07, 6.45) is 0.779. The molecule has 2 aromatic rings. The maximum Gasteiger partial charge on any atom is 0.219 e. The Morgan fingerprint density at radius 3 is 2.74 bits per heavy atom. The van der Waals surface area contributed by atoms with Gasteiger partial charge in [0.1, 0.15) is 18.2 Å². The third-order valence-corrected chi connectivity index (χ3v) is 3.43. The van der Waals surface area contributed by atoms with Gasteiger partial charge in [0.15, 0.2) is 0 Å². The molecule has 0 fully saturated rings. The van der Waals surface area contributed by atoms with Crippen LogP contribution in [0.15, 0.2) is 34.8 Å². The second kappa shape index (κ2) is 6.52. The number of nitrogens with zero attached hydrogens (tertiary/aromatic N) is 2. The normalized spacial score (nSPS) is 10.3. The van der Waals surface area contributed by atoms with E-state index in [-0.39, 0.29) is 0 Å². The van der Waals surface area contributed by atoms with E-state index in [0.29, 0.717) is 12.5 Å². The summed E-state index contributed by atoms with van der Waals surface area (Å²) in [5, 5.41) is 3.01. The van der Waals surface area contributed by atoms with Gasteiger partial charge in [0.05, 0.1) is 0 Å². The largest absolute Gasteiger partial charge is 0.473 e. The van der Waals surface area contributed by atoms with Gasteiger partial charge in [0.25, 0.3) is 0 Å². The van der Waals surface area contributed by atoms with Crippen LogP contribution in [0.4, 0.5) is 5.82 Å². The number of aryl methyl sites for hydroxylation is 1. The van der Waals surface area contributed by atoms with Crippen LogP contribution in [0.3, 0.4) is 0 Å². The zero-order chi connectivity index (χ0) is 13.7. The number of ether oxygens (including phenoxy) is 1. The van der Waals surface area contributed by atoms with Crippen molar-refractivity contribution in [3.05, 3.63) is 46.2 Å². The van der Waals surface area contributed by atoms with Gasteiger partial charge in [0.2, 0.25) is 5.88 Å². The average molecular weight is 322 g/mol. The molecule has 5 heteroatoms. The SMILES string of the molecule is CCc1nc(NC)cc(OCc2ccccc2Br)n1. The highest BCUT2D eigenvalue weighted by molar-refractivity contribution is 9.10. The Morgan fingerprint density at radius 1 is 1.26 bits per heavy atom. The minimum Gasteiger partial charge on any atom is -0.473 e. The number of benzene rings is 1. The Hall–Kier alpha value is -1.62. The topological polar surface area (TPSA) is 47.0 Å². The second-order valence-electron chi connectivity index (χ2n) is 3.99. The van der Waals surface area contributed by atoms with E-state index in [4.69, 9.17) is 4.74 Å². The number of aromatic nitrogens is 2. The van der Waals surface area contributed by atoms with E-state index in [1.54, 1.807) is 6.07 Å². The smallest absolute Gasteiger partial charge is 0.219 e. The van der Waals surface area contributed by atoms with Gasteiger partial charge in [-0.05, 0) is 6.07 Å². The highest BCUT2D eigenvalue weighted by Crippen LogP contribution is 2.19. The fourth-order valence-corrected chi connectivity index (χ4v) is 2.00. The van der Waals surface area contributed by atoms with Crippen LogP contribution in [0.5, 0.6) is 5.88 Å². The van der Waals surface area contributed by atoms with Crippen LogP contribution < -0.4 is 10.1 Å². The van der Waals surface area contributed by atoms with Crippen molar-refractivity contribution in [2.45, 2.75) is 20.0 Å². The molecule has 0 bridgehead atoms. The van der Waals surface area contributed by atoms with Crippen LogP contribution in [0.1, 0.15) is 18.3 Å². The third kappa shape index (κ3) is 3.67. The molecule has 0 amide bonds. The number of hydrogen-bond donors (Lipinski definition) is 1. The number of rotatable bonds is 5. The Labute approximate surface area is 121 Å². The molecule has 0 saturated heterocycles. The number of anilines is 1. The number of nitrogens with one attached hydrogen (secondary N) is 1. The van der Waals surface area contributed by atoms with Gasteiger partial charge >= 0.3 is 0 Å². The maximum atomic E-state index is 5.74. The van der Waals surface area contributed by atoms with Crippen molar-refractivity contribution in [3.63, 3.8) is 0 Å². The van der Waals surface area contributed by atoms with Gasteiger partial charge in [-0.15, -0.1) is 0 Å². The van der Waals surface area contributed by atoms with E-state index in [0.717, 1.165) is 28.1 Å². The number of hydrogen-bond acceptors (Lipinski definition) is 4. The molecule has 0 unspecified atom stereocenters. The summed E-state index contributed by atoms with van der Waals surface area (Å²) < 4.78 is 6.77. The molecular weight excluding hydrogens is 306 g/mol. The Balaban J connectivity index is 2.13. The minimum absolute atomic E-state index is 0.477. The van der Waals surface area contributed by atoms with Crippen LogP contribution in [-0.4, -0.2) is 17.0 Å². The molecule has 100 valence electrons. The molecule has 1 aromatic carbocycles. The maximum absolute atomic E-state index is 5.74. The zero-order valence-electron chi connectivity index (χ0n) is 11.0. The highest BCUT2D eigenvalue weighted by atomic mass is 79.9. The molecular formula is C14H16BrN3O. The first-order chi connectivity index (χ1) is 9.22. The lowest BCUT2D eigenvalue weighted by molar-refractivity contribution is 0.292. The van der Waals surface area contributed by atoms with Gasteiger partial charge < -0.3 is 10.1 Å². The van der Waals surface area contributed by atoms with E-state index < -0.39 is 0 Å². The molecule has 0 radical (unpaired) electrons. The molecule has 19 heavy (non-hydrogen) atoms. The summed E-state index contributed by atoms with van der Waals surface area (Å²) >= 11 is 3.50. The molecule has 4 nitrogen and oxygen atoms in total. The summed E-state index contributed by atoms with van der Waals surface area (Å²) in [6, 6.07) is 9.78. The first kappa shape index (κ1) is 13.8. The van der Waals surface area contributed by atoms with E-state index in [1.807, 2.05) is 38.2 Å². The van der Waals surface area contributed by atoms with Crippen molar-refractivity contribution in [1.82, 2.24) is 9.97 Å². The second-order valence-corrected chi connectivity index (χ2v) is 4.85. The molecule has 1 aromatic heterocycles. The lowest BCUT2D eigenvalue weighted by Crippen LogP contribution is -2.04. The molecule has 0 aliphatic heterocycles. The fraction of sp³-hybridized carbons (Fsp3) is 0.286. The lowest BCUT2D eigenvalue weighted by Gasteiger charge is -2.09. The van der Waals surface area contributed by atoms with Crippen LogP contribution in [0, 0.1) is 0 Å². The van der Waals surface area contributed by atoms with Crippen molar-refractivity contribution in [3.8, 4) is 5.88 Å². The van der Waals surface area contributed by atoms with Gasteiger partial charge in [-0.1, -0.05) is 41.1 Å². The van der Waals surface area contributed by atoms with Crippen molar-refractivity contribution < 1.29 is 4.74 Å². The standard InChI is InChI=1S/C14H16BrN3O/c1-3-12-17-13(16-2)8-14(18-12)19-9-10-6-4-5-7-11(10)15/h4-8H,3,9H2,1-2H3,(H,16,17,18). The molecule has 0 aliphatic carbocycles. The zero-order valence-corrected chi connectivity index (χ0v) is 12.6. The molecule has 0 spiro atoms. The molecule has 0 aliphatic rings. The average Bonchev–Trinajstić information content (AvgIpc) is 2.46. The monoisotopic (exact) mass is 321 g/mol. The van der Waals surface area contributed by atoms with Gasteiger partial charge in [-0.3, -0.25) is 0 Å². The molecule has 1 heterocycles. The Bertz CT molecular complexity index is 538. The van der Waals surface area contributed by atoms with Crippen molar-refractivity contribution in [2.75, 3.05) is 12.4 Å². The first-order valence-electron chi connectivity index (χ1n) is 6.15. The minimum atomic E-state index is 0.477. The van der Waals surface area contributed by atoms with E-state index in [9.17, 15) is 0 Å². The van der Waals surface area contributed by atoms with E-state index >= 15 is 0 Å². The number of halogens is 1. The van der Waals surface area contributed by atoms with Crippen molar-refractivity contribution in [2.24, 2.45) is 0 Å². The molecule has 0 saturated carbocycles. The van der Waals surface area contributed by atoms with Crippen LogP contribution >= 0.6 is 15.9 Å². The highest BCUT2D eigenvalue weighted by Gasteiger charge is 2.05. The van der Waals surface area contributed by atoms with Gasteiger partial charge in [-0.2, -0.15) is 4.98 Å². The Kier molecular flexibility index (Phi) is 4.74. The summed E-state index contributed by atoms with van der Waals surface area (Å²) in [6.45, 7) is 2.50. The van der Waals surface area contributed by atoms with Gasteiger partial charge in [0, 0.05) is 29.6 Å². The van der Waals surface area contributed by atoms with Crippen LogP contribution in [0.2, 0.25) is 0 Å². The van der Waals surface area contributed by atoms with E-state index in [2.05, 4.69) is 31.2 Å². The predicted octanol–water partition coefficient (Wildman–Crippen LogP) is 3.42. The first-order valence-corrected chi connectivity index (χ1v) is 6.94. The third-order valence-electron chi connectivity index (χ3n) is 2.65. The summed E-state index contributed by atoms with van der Waals surface area (Å²) in [5.41, 5.74) is 1.09. The van der Waals surface area contributed by atoms with Crippen LogP contribution in [-0.2, 0) is 13.0 Å². The van der Waals surface area contributed by atoms with E-state index in [1.165, 1.54) is 0 Å². The Morgan fingerprint density at radius 2 is 2.05 bits per heavy atom. The molecule has 0 atom stereocenters. The van der Waals surface area contributed by atoms with Gasteiger partial charge in [-0.25, -0.2) is 4.98 Å². The van der Waals surface area contributed by atoms with Crippen molar-refractivity contribution >= 4 is 21.7 Å². The lowest BCUT2D eigenvalue weighted by atomic mass is 10.2. The molecule has 1 N–H and O–H groups in total. The summed E-state index contributed by atoms with van der Waals surface area (Å²) in [5.74, 6) is 2.13. The van der Waals surface area contributed by atoms with Crippen molar-refractivity contribution in [1.29, 1.82) is 0 Å².